The molecule has 0 heteroatoms. The van der Waals surface area contributed by atoms with Crippen LogP contribution in [0.4, 0.5) is 0 Å². The summed E-state index contributed by atoms with van der Waals surface area (Å²) in [7, 11) is 0. The standard InChI is InChI=1S/C106H/c1-3-5-7-9-11-13-15-17-19-21-23-25-27-29-31-33-35-37-39-41-43-45-47-49-51-53-55-57-59-61-63-65-67-69-71-73-75-77-79-81-83-85-87-89-91-93-95-97-99-101-103-105-106-104-102-100-98-96-94-92-90-88-86-84-82-80-78-76-74-72-70-68-66-64-62-60-58-56-54-52-50-48-46-44-42-40-38-36-34-32-30-28-26-24-22-20-18-16-14-12-10-8-6-4-2/h1H/q-1. The monoisotopic (exact) mass is 1270 g/mol. The highest BCUT2D eigenvalue weighted by molar-refractivity contribution is 5.56. The van der Waals surface area contributed by atoms with Crippen LogP contribution in [0.25, 0.3) is 0 Å². The average Bonchev–Trinajstić information content (AvgIpc) is 3.85. The zero-order valence-electron chi connectivity index (χ0n) is 53.1. The molecule has 0 saturated carbocycles. The Bertz CT molecular complexity index is 7110. The zero-order valence-corrected chi connectivity index (χ0v) is 53.1. The van der Waals surface area contributed by atoms with Crippen molar-refractivity contribution in [2.75, 3.05) is 0 Å². The van der Waals surface area contributed by atoms with Crippen molar-refractivity contribution in [3.8, 4) is 622 Å². The van der Waals surface area contributed by atoms with Crippen molar-refractivity contribution in [1.82, 2.24) is 0 Å². The largest absolute Gasteiger partial charge is 0.358 e. The second-order valence-corrected chi connectivity index (χ2v) is 13.0. The van der Waals surface area contributed by atoms with Crippen molar-refractivity contribution in [2.24, 2.45) is 0 Å². The molecule has 0 aliphatic heterocycles. The molecular formula is C106H-. The first-order valence-corrected chi connectivity index (χ1v) is 26.3. The van der Waals surface area contributed by atoms with E-state index in [2.05, 4.69) is 610 Å². The van der Waals surface area contributed by atoms with E-state index in [1.54, 1.807) is 0 Å². The molecule has 0 aliphatic carbocycles. The van der Waals surface area contributed by atoms with Gasteiger partial charge >= 0.3 is 0 Å². The molecule has 0 aliphatic rings. The van der Waals surface area contributed by atoms with Crippen molar-refractivity contribution in [3.05, 3.63) is 6.42 Å². The van der Waals surface area contributed by atoms with Gasteiger partial charge in [0, 0.05) is 503 Å². The maximum Gasteiger partial charge on any atom is 0 e. The van der Waals surface area contributed by atoms with Gasteiger partial charge in [-0.3, -0.25) is 5.92 Å². The summed E-state index contributed by atoms with van der Waals surface area (Å²) in [5, 5.41) is 0. The number of hydrogen-bond acceptors (Lipinski definition) is 0. The topological polar surface area (TPSA) is 0 Å². The summed E-state index contributed by atoms with van der Waals surface area (Å²) < 4.78 is 0. The van der Waals surface area contributed by atoms with Gasteiger partial charge in [0.25, 0.3) is 0 Å². The quantitative estimate of drug-likeness (QED) is 0.244. The minimum Gasteiger partial charge on any atom is -0.358 e. The van der Waals surface area contributed by atoms with E-state index in [1.807, 2.05) is 5.92 Å². The minimum atomic E-state index is 1.87. The molecule has 0 amide bonds. The van der Waals surface area contributed by atoms with Crippen LogP contribution < -0.4 is 0 Å². The van der Waals surface area contributed by atoms with Crippen LogP contribution in [-0.2, 0) is 0 Å². The zero-order chi connectivity index (χ0) is 75.5. The molecule has 0 unspecified atom stereocenters. The summed E-state index contributed by atoms with van der Waals surface area (Å²) >= 11 is 0. The van der Waals surface area contributed by atoms with Gasteiger partial charge in [-0.15, -0.1) is 12.3 Å². The Balaban J connectivity index is 4.64. The summed E-state index contributed by atoms with van der Waals surface area (Å²) in [5.41, 5.74) is 0. The van der Waals surface area contributed by atoms with Gasteiger partial charge in [0.2, 0.25) is 0 Å². The van der Waals surface area contributed by atoms with Gasteiger partial charge in [0.1, 0.15) is 0 Å². The molecule has 0 spiro atoms. The Morgan fingerprint density at radius 1 is 0.0755 bits per heavy atom. The van der Waals surface area contributed by atoms with Gasteiger partial charge < -0.3 is 6.42 Å². The van der Waals surface area contributed by atoms with Crippen molar-refractivity contribution >= 4 is 0 Å². The molecule has 106 heavy (non-hydrogen) atoms. The predicted molar refractivity (Wildman–Crippen MR) is 413 cm³/mol. The Kier molecular flexibility index (Phi) is 63.7. The summed E-state index contributed by atoms with van der Waals surface area (Å²) in [6.45, 7) is 0. The van der Waals surface area contributed by atoms with Gasteiger partial charge in [-0.1, -0.05) is 0 Å². The van der Waals surface area contributed by atoms with Crippen molar-refractivity contribution in [1.29, 1.82) is 0 Å². The average molecular weight is 1270 g/mol. The highest BCUT2D eigenvalue weighted by Gasteiger charge is 1.67. The maximum atomic E-state index is 6.59. The highest BCUT2D eigenvalue weighted by Crippen LogP contribution is 1.68. The molecule has 0 aromatic carbocycles. The smallest absolute Gasteiger partial charge is 0 e. The van der Waals surface area contributed by atoms with E-state index in [1.165, 1.54) is 0 Å². The molecule has 0 aromatic heterocycles. The van der Waals surface area contributed by atoms with E-state index in [9.17, 15) is 0 Å². The van der Waals surface area contributed by atoms with Crippen LogP contribution in [0.1, 0.15) is 0 Å². The molecule has 0 bridgehead atoms. The lowest BCUT2D eigenvalue weighted by Crippen LogP contribution is -1.57. The normalized spacial score (nSPS) is 3.94. The molecule has 0 rings (SSSR count). The molecule has 0 nitrogen and oxygen atoms in total. The second-order valence-electron chi connectivity index (χ2n) is 13.0. The predicted octanol–water partition coefficient (Wildman–Crippen LogP) is 0.383. The molecule has 0 N–H and O–H groups in total. The third kappa shape index (κ3) is 80.7. The van der Waals surface area contributed by atoms with Gasteiger partial charge in [0.05, 0.1) is 0 Å². The Morgan fingerprint density at radius 2 is 0.123 bits per heavy atom. The first-order valence-electron chi connectivity index (χ1n) is 26.3. The van der Waals surface area contributed by atoms with Gasteiger partial charge in [-0.05, 0) is 94.7 Å². The third-order valence-corrected chi connectivity index (χ3v) is 6.45. The van der Waals surface area contributed by atoms with E-state index >= 15 is 0 Å². The first kappa shape index (κ1) is 82.7. The van der Waals surface area contributed by atoms with E-state index < -0.39 is 0 Å². The van der Waals surface area contributed by atoms with E-state index in [-0.39, 0.29) is 0 Å². The van der Waals surface area contributed by atoms with Crippen molar-refractivity contribution < 1.29 is 0 Å². The van der Waals surface area contributed by atoms with Crippen LogP contribution in [0.5, 0.6) is 0 Å². The molecule has 0 atom stereocenters. The number of hydrogen-bond donors (Lipinski definition) is 0. The van der Waals surface area contributed by atoms with Crippen LogP contribution in [0.2, 0.25) is 0 Å². The fourth-order valence-electron chi connectivity index (χ4n) is 3.19. The van der Waals surface area contributed by atoms with Crippen molar-refractivity contribution in [2.45, 2.75) is 0 Å². The maximum absolute atomic E-state index is 6.59. The van der Waals surface area contributed by atoms with E-state index in [4.69, 9.17) is 12.8 Å². The van der Waals surface area contributed by atoms with E-state index in [0.29, 0.717) is 0 Å². The fourth-order valence-corrected chi connectivity index (χ4v) is 3.19. The van der Waals surface area contributed by atoms with Crippen LogP contribution in [0.15, 0.2) is 0 Å². The summed E-state index contributed by atoms with van der Waals surface area (Å²) in [6, 6.07) is 0. The van der Waals surface area contributed by atoms with Crippen LogP contribution >= 0.6 is 0 Å². The van der Waals surface area contributed by atoms with Gasteiger partial charge in [0.15, 0.2) is 0 Å². The molecule has 0 aromatic rings. The fraction of sp³-hybridized carbons (Fsp3) is 0. The molecular weight excluding hydrogens is 1270 g/mol. The van der Waals surface area contributed by atoms with Gasteiger partial charge in [-0.2, -0.15) is 0 Å². The highest BCUT2D eigenvalue weighted by atomic mass is 13.7. The molecule has 0 saturated heterocycles. The second kappa shape index (κ2) is 81.7. The lowest BCUT2D eigenvalue weighted by Gasteiger charge is -1.63. The number of terminal acetylenes is 1. The minimum absolute atomic E-state index is 1.87. The lowest BCUT2D eigenvalue weighted by atomic mass is 10.4. The van der Waals surface area contributed by atoms with Crippen LogP contribution in [0.3, 0.4) is 0 Å². The molecule has 426 valence electrons. The Hall–Kier alpha value is -23.3. The summed E-state index contributed by atoms with van der Waals surface area (Å²) in [4.78, 5) is 0. The third-order valence-electron chi connectivity index (χ3n) is 6.45. The summed E-state index contributed by atoms with van der Waals surface area (Å²) in [5.74, 6) is 257. The van der Waals surface area contributed by atoms with Crippen LogP contribution in [0, 0.1) is 629 Å². The first-order chi connectivity index (χ1) is 52.9. The van der Waals surface area contributed by atoms with Crippen LogP contribution in [-0.4, -0.2) is 0 Å². The Morgan fingerprint density at radius 3 is 0.170 bits per heavy atom. The molecule has 0 heterocycles. The Labute approximate surface area is 624 Å². The molecule has 0 fully saturated rings. The SMILES string of the molecule is [C-]#CC#CC#CC#CC#CC#CC#CC#CC#CC#CC#CC#CC#CC#CC#CC#CC#CC#CC#CC#CC#CC#CC#CC#CC#CC#CC#CC#CC#CC#CC#CC#CC#CC#CC#CC#CC#CC#CC#CC#CC#CC#CC#CC#CC#CC#CC#CC#CC#CC#CC#CC#CC#C. The lowest BCUT2D eigenvalue weighted by molar-refractivity contribution is 2.31. The van der Waals surface area contributed by atoms with Crippen molar-refractivity contribution in [3.63, 3.8) is 0 Å². The number of rotatable bonds is 0. The summed E-state index contributed by atoms with van der Waals surface area (Å²) in [6.07, 6.45) is 11.5. The molecule has 0 radical (unpaired) electrons. The van der Waals surface area contributed by atoms with Gasteiger partial charge in [-0.25, -0.2) is 5.92 Å². The van der Waals surface area contributed by atoms with E-state index in [0.717, 1.165) is 0 Å².